The lowest BCUT2D eigenvalue weighted by atomic mass is 10.00. The van der Waals surface area contributed by atoms with Crippen LogP contribution in [0.5, 0.6) is 0 Å². The number of carbonyl (C=O) groups is 3. The van der Waals surface area contributed by atoms with Crippen LogP contribution in [0.15, 0.2) is 135 Å². The second kappa shape index (κ2) is 14.3. The molecule has 0 aliphatic rings. The molecule has 0 N–H and O–H groups in total. The van der Waals surface area contributed by atoms with Crippen LogP contribution in [-0.2, 0) is 9.63 Å². The van der Waals surface area contributed by atoms with E-state index in [4.69, 9.17) is 16.4 Å². The molecule has 5 aromatic rings. The highest BCUT2D eigenvalue weighted by molar-refractivity contribution is 7.99. The number of oxime groups is 1. The second-order valence-electron chi connectivity index (χ2n) is 9.54. The van der Waals surface area contributed by atoms with Crippen molar-refractivity contribution in [2.24, 2.45) is 5.16 Å². The first-order valence-corrected chi connectivity index (χ1v) is 15.6. The largest absolute Gasteiger partial charge is 0.331 e. The molecule has 43 heavy (non-hydrogen) atoms. The summed E-state index contributed by atoms with van der Waals surface area (Å²) in [5, 5.41) is 6.63. The molecule has 5 aromatic carbocycles. The number of thioether (sulfide) groups is 1. The molecule has 0 saturated carbocycles. The second-order valence-corrected chi connectivity index (χ2v) is 12.3. The van der Waals surface area contributed by atoms with Crippen molar-refractivity contribution < 1.29 is 19.2 Å². The molecule has 0 aliphatic carbocycles. The first-order valence-electron chi connectivity index (χ1n) is 13.4. The summed E-state index contributed by atoms with van der Waals surface area (Å²) in [7, 11) is 0. The van der Waals surface area contributed by atoms with Gasteiger partial charge in [0.25, 0.3) is 0 Å². The topological polar surface area (TPSA) is 72.8 Å². The van der Waals surface area contributed by atoms with E-state index in [0.717, 1.165) is 25.5 Å². The Hall–Kier alpha value is -4.17. The van der Waals surface area contributed by atoms with Gasteiger partial charge in [-0.15, -0.1) is 11.8 Å². The first-order chi connectivity index (χ1) is 20.9. The summed E-state index contributed by atoms with van der Waals surface area (Å²) in [6.07, 6.45) is 0.320. The number of hydrogen-bond donors (Lipinski definition) is 0. The molecular weight excluding hydrogens is 598 g/mol. The maximum absolute atomic E-state index is 13.2. The van der Waals surface area contributed by atoms with Gasteiger partial charge in [-0.25, -0.2) is 4.79 Å². The number of benzene rings is 5. The summed E-state index contributed by atoms with van der Waals surface area (Å²) in [4.78, 5) is 45.4. The summed E-state index contributed by atoms with van der Waals surface area (Å²) >= 11 is 9.03. The van der Waals surface area contributed by atoms with E-state index in [-0.39, 0.29) is 17.3 Å². The SMILES string of the molecule is CC(=O)ON=C(CCSc1ccc(Cl)cc1)C(=O)c1ccc(Sc2ccc(C(=O)c3ccc4ccccc4c3)cc2)cc1. The minimum Gasteiger partial charge on any atom is -0.318 e. The zero-order valence-corrected chi connectivity index (χ0v) is 25.5. The zero-order chi connectivity index (χ0) is 30.2. The van der Waals surface area contributed by atoms with Crippen LogP contribution in [0.2, 0.25) is 5.02 Å². The van der Waals surface area contributed by atoms with Crippen molar-refractivity contribution in [3.63, 3.8) is 0 Å². The van der Waals surface area contributed by atoms with Crippen LogP contribution in [0.1, 0.15) is 39.6 Å². The van der Waals surface area contributed by atoms with Gasteiger partial charge in [-0.05, 0) is 89.6 Å². The number of Topliss-reactive ketones (excluding diaryl/α,β-unsaturated/α-hetero) is 1. The third kappa shape index (κ3) is 8.23. The molecule has 8 heteroatoms. The van der Waals surface area contributed by atoms with Crippen LogP contribution < -0.4 is 0 Å². The van der Waals surface area contributed by atoms with Gasteiger partial charge in [0.1, 0.15) is 5.71 Å². The lowest BCUT2D eigenvalue weighted by Crippen LogP contribution is -2.16. The van der Waals surface area contributed by atoms with E-state index >= 15 is 0 Å². The van der Waals surface area contributed by atoms with E-state index in [1.807, 2.05) is 103 Å². The highest BCUT2D eigenvalue weighted by Gasteiger charge is 2.16. The quantitative estimate of drug-likeness (QED) is 0.0480. The minimum absolute atomic E-state index is 0.0250. The molecule has 0 atom stereocenters. The van der Waals surface area contributed by atoms with Crippen LogP contribution in [0.3, 0.4) is 0 Å². The van der Waals surface area contributed by atoms with E-state index < -0.39 is 5.97 Å². The number of hydrogen-bond acceptors (Lipinski definition) is 7. The Balaban J connectivity index is 1.21. The molecule has 5 rings (SSSR count). The van der Waals surface area contributed by atoms with Crippen molar-refractivity contribution in [1.29, 1.82) is 0 Å². The van der Waals surface area contributed by atoms with Crippen molar-refractivity contribution >= 4 is 69.1 Å². The first kappa shape index (κ1) is 30.3. The Morgan fingerprint density at radius 3 is 1.93 bits per heavy atom. The van der Waals surface area contributed by atoms with Crippen molar-refractivity contribution in [3.05, 3.63) is 137 Å². The smallest absolute Gasteiger partial charge is 0.318 e. The van der Waals surface area contributed by atoms with Gasteiger partial charge in [-0.1, -0.05) is 64.9 Å². The number of ketones is 2. The summed E-state index contributed by atoms with van der Waals surface area (Å²) in [5.74, 6) is -0.345. The number of halogens is 1. The van der Waals surface area contributed by atoms with E-state index in [0.29, 0.717) is 33.9 Å². The Bertz CT molecular complexity index is 1800. The minimum atomic E-state index is -0.590. The van der Waals surface area contributed by atoms with E-state index in [1.54, 1.807) is 23.9 Å². The van der Waals surface area contributed by atoms with Crippen molar-refractivity contribution in [2.45, 2.75) is 28.0 Å². The highest BCUT2D eigenvalue weighted by atomic mass is 35.5. The molecule has 0 spiro atoms. The van der Waals surface area contributed by atoms with Crippen molar-refractivity contribution in [3.8, 4) is 0 Å². The summed E-state index contributed by atoms with van der Waals surface area (Å²) in [6, 6.07) is 35.8. The molecule has 214 valence electrons. The molecule has 0 aromatic heterocycles. The van der Waals surface area contributed by atoms with Crippen LogP contribution in [0.4, 0.5) is 0 Å². The Morgan fingerprint density at radius 1 is 0.698 bits per heavy atom. The van der Waals surface area contributed by atoms with Crippen molar-refractivity contribution in [2.75, 3.05) is 5.75 Å². The molecule has 0 aliphatic heterocycles. The predicted molar refractivity (Wildman–Crippen MR) is 175 cm³/mol. The van der Waals surface area contributed by atoms with Gasteiger partial charge in [0.2, 0.25) is 5.78 Å². The van der Waals surface area contributed by atoms with Gasteiger partial charge >= 0.3 is 5.97 Å². The summed E-state index contributed by atoms with van der Waals surface area (Å²) in [6.45, 7) is 1.24. The fraction of sp³-hybridized carbons (Fsp3) is 0.0857. The van der Waals surface area contributed by atoms with Crippen LogP contribution in [0, 0.1) is 0 Å². The zero-order valence-electron chi connectivity index (χ0n) is 23.2. The van der Waals surface area contributed by atoms with Gasteiger partial charge in [0.15, 0.2) is 5.78 Å². The highest BCUT2D eigenvalue weighted by Crippen LogP contribution is 2.29. The molecule has 0 saturated heterocycles. The van der Waals surface area contributed by atoms with Crippen LogP contribution >= 0.6 is 35.1 Å². The molecule has 0 radical (unpaired) electrons. The molecule has 5 nitrogen and oxygen atoms in total. The number of rotatable bonds is 11. The van der Waals surface area contributed by atoms with Gasteiger partial charge in [0.05, 0.1) is 0 Å². The molecule has 0 amide bonds. The lowest BCUT2D eigenvalue weighted by molar-refractivity contribution is -0.140. The van der Waals surface area contributed by atoms with Gasteiger partial charge in [-0.2, -0.15) is 0 Å². The standard InChI is InChI=1S/C35H26ClNO4S2/c1-23(38)41-37-33(20-21-42-30-18-12-29(36)13-19-30)35(40)26-10-16-32(17-11-26)43-31-14-8-25(9-15-31)34(39)28-7-6-24-4-2-3-5-27(24)22-28/h2-19,22H,20-21H2,1H3. The average molecular weight is 624 g/mol. The van der Waals surface area contributed by atoms with Gasteiger partial charge < -0.3 is 4.84 Å². The van der Waals surface area contributed by atoms with E-state index in [2.05, 4.69) is 5.16 Å². The fourth-order valence-electron chi connectivity index (χ4n) is 4.27. The predicted octanol–water partition coefficient (Wildman–Crippen LogP) is 9.16. The third-order valence-corrected chi connectivity index (χ3v) is 8.73. The monoisotopic (exact) mass is 623 g/mol. The molecule has 0 heterocycles. The third-order valence-electron chi connectivity index (χ3n) is 6.45. The van der Waals surface area contributed by atoms with Gasteiger partial charge in [0, 0.05) is 55.5 Å². The van der Waals surface area contributed by atoms with Gasteiger partial charge in [-0.3, -0.25) is 9.59 Å². The molecular formula is C35H26ClNO4S2. The van der Waals surface area contributed by atoms with E-state index in [9.17, 15) is 14.4 Å². The molecule has 0 bridgehead atoms. The maximum Gasteiger partial charge on any atom is 0.331 e. The number of carbonyl (C=O) groups excluding carboxylic acids is 3. The Morgan fingerprint density at radius 2 is 1.28 bits per heavy atom. The summed E-state index contributed by atoms with van der Waals surface area (Å²) < 4.78 is 0. The lowest BCUT2D eigenvalue weighted by Gasteiger charge is -2.08. The van der Waals surface area contributed by atoms with Crippen molar-refractivity contribution in [1.82, 2.24) is 0 Å². The van der Waals surface area contributed by atoms with Crippen LogP contribution in [0.25, 0.3) is 10.8 Å². The molecule has 0 fully saturated rings. The Kier molecular flexibility index (Phi) is 10.1. The average Bonchev–Trinajstić information content (AvgIpc) is 3.03. The fourth-order valence-corrected chi connectivity index (χ4v) is 6.07. The number of fused-ring (bicyclic) bond motifs is 1. The Labute approximate surface area is 263 Å². The number of nitrogens with zero attached hydrogens (tertiary/aromatic N) is 1. The van der Waals surface area contributed by atoms with E-state index in [1.165, 1.54) is 18.7 Å². The van der Waals surface area contributed by atoms with Crippen LogP contribution in [-0.4, -0.2) is 29.0 Å². The maximum atomic E-state index is 13.2. The summed E-state index contributed by atoms with van der Waals surface area (Å²) in [5.41, 5.74) is 1.89. The normalized spacial score (nSPS) is 11.3. The molecule has 0 unspecified atom stereocenters.